The van der Waals surface area contributed by atoms with Crippen molar-refractivity contribution in [2.45, 2.75) is 124 Å². The van der Waals surface area contributed by atoms with Gasteiger partial charge < -0.3 is 39.6 Å². The molecule has 1 saturated heterocycles. The summed E-state index contributed by atoms with van der Waals surface area (Å²) in [7, 11) is 4.91. The van der Waals surface area contributed by atoms with E-state index in [4.69, 9.17) is 14.5 Å². The molecule has 4 amide bonds. The van der Waals surface area contributed by atoms with E-state index < -0.39 is 52.7 Å². The van der Waals surface area contributed by atoms with E-state index in [9.17, 15) is 33.6 Å². The van der Waals surface area contributed by atoms with Crippen molar-refractivity contribution in [3.05, 3.63) is 71.5 Å². The molecule has 4 atom stereocenters. The number of amides is 4. The highest BCUT2D eigenvalue weighted by Crippen LogP contribution is 2.42. The zero-order valence-corrected chi connectivity index (χ0v) is 42.8. The van der Waals surface area contributed by atoms with Crippen molar-refractivity contribution in [2.24, 2.45) is 17.3 Å². The number of likely N-dealkylation sites (tertiary alicyclic amines) is 1. The maximum absolute atomic E-state index is 14.7. The molecule has 4 aromatic rings. The summed E-state index contributed by atoms with van der Waals surface area (Å²) in [5, 5.41) is 18.9. The third-order valence-corrected chi connectivity index (χ3v) is 14.0. The molecule has 17 heteroatoms. The van der Waals surface area contributed by atoms with Crippen LogP contribution in [0.1, 0.15) is 104 Å². The number of fused-ring (bicyclic) bond motifs is 4. The summed E-state index contributed by atoms with van der Waals surface area (Å²) < 4.78 is 28.7. The minimum atomic E-state index is -1.37. The van der Waals surface area contributed by atoms with Crippen LogP contribution in [0.5, 0.6) is 5.75 Å². The van der Waals surface area contributed by atoms with Gasteiger partial charge in [-0.15, -0.1) is 4.48 Å². The number of nitrogens with one attached hydrogen (secondary N) is 3. The number of ether oxygens (including phenoxy) is 2. The second-order valence-corrected chi connectivity index (χ2v) is 20.6. The van der Waals surface area contributed by atoms with E-state index in [0.717, 1.165) is 44.0 Å². The van der Waals surface area contributed by atoms with Crippen LogP contribution in [0.15, 0.2) is 54.7 Å². The molecule has 0 saturated carbocycles. The van der Waals surface area contributed by atoms with Gasteiger partial charge in [-0.3, -0.25) is 29.0 Å². The Bertz CT molecular complexity index is 2560. The average Bonchev–Trinajstić information content (AvgIpc) is 3.94. The molecule has 1 fully saturated rings. The summed E-state index contributed by atoms with van der Waals surface area (Å²) in [6.45, 7) is 16.5. The Kier molecular flexibility index (Phi) is 17.1. The smallest absolute Gasteiger partial charge is 0.305 e. The molecule has 6 rings (SSSR count). The van der Waals surface area contributed by atoms with Crippen LogP contribution in [0.25, 0.3) is 33.3 Å². The maximum atomic E-state index is 14.7. The van der Waals surface area contributed by atoms with Crippen LogP contribution in [0.4, 0.5) is 4.48 Å². The number of carbonyl (C=O) groups excluding carboxylic acids is 5. The number of aryl methyl sites for hydroxylation is 1. The number of nitrogens with zero attached hydrogens (tertiary/aromatic N) is 5. The number of halogens is 1. The van der Waals surface area contributed by atoms with E-state index >= 15 is 0 Å². The van der Waals surface area contributed by atoms with Crippen LogP contribution in [0, 0.1) is 17.3 Å². The number of pyridine rings is 1. The van der Waals surface area contributed by atoms with Gasteiger partial charge in [-0.2, -0.15) is 0 Å². The Morgan fingerprint density at radius 3 is 2.47 bits per heavy atom. The third kappa shape index (κ3) is 11.8. The summed E-state index contributed by atoms with van der Waals surface area (Å²) in [6, 6.07) is 12.6. The maximum Gasteiger partial charge on any atom is 0.305 e. The number of phenolic OH excluding ortho intramolecular Hbond substituents is 1. The molecule has 4 N–H and O–H groups in total. The number of phenols is 1. The van der Waals surface area contributed by atoms with E-state index in [1.807, 2.05) is 31.2 Å². The monoisotopic (exact) mass is 969 g/mol. The Balaban J connectivity index is 1.41. The SMILES string of the molecule is CCn1c(-c2cccnc2[C@H](C)OC)c2c3cc(ccc31)-c1cc(O)cc(c1)C[C@H](NC(=O)C(C(C)C)N(C)C(=O)[C@H]1CCN(C(=O)C(C)(C)NC)C1)C(=O)N(NF)CCCCC(=O)OCC(C)(C)C2. The van der Waals surface area contributed by atoms with E-state index in [2.05, 4.69) is 48.1 Å². The van der Waals surface area contributed by atoms with Crippen LogP contribution < -0.4 is 16.3 Å². The number of esters is 1. The van der Waals surface area contributed by atoms with E-state index in [0.29, 0.717) is 37.1 Å². The van der Waals surface area contributed by atoms with Crippen molar-refractivity contribution in [3.63, 3.8) is 0 Å². The second kappa shape index (κ2) is 22.4. The molecule has 2 aliphatic heterocycles. The fourth-order valence-electron chi connectivity index (χ4n) is 9.92. The number of carbonyl (C=O) groups is 5. The average molecular weight is 969 g/mol. The summed E-state index contributed by atoms with van der Waals surface area (Å²) in [4.78, 5) is 77.3. The Morgan fingerprint density at radius 2 is 1.80 bits per heavy atom. The van der Waals surface area contributed by atoms with Gasteiger partial charge in [0.15, 0.2) is 0 Å². The van der Waals surface area contributed by atoms with E-state index in [-0.39, 0.29) is 69.0 Å². The first kappa shape index (κ1) is 53.4. The lowest BCUT2D eigenvalue weighted by atomic mass is 9.84. The molecule has 0 radical (unpaired) electrons. The molecule has 4 bridgehead atoms. The van der Waals surface area contributed by atoms with Crippen molar-refractivity contribution in [1.82, 2.24) is 40.6 Å². The van der Waals surface area contributed by atoms with Gasteiger partial charge >= 0.3 is 5.97 Å². The Labute approximate surface area is 411 Å². The number of methoxy groups -OCH3 is 1. The number of benzene rings is 2. The zero-order chi connectivity index (χ0) is 51.2. The molecule has 2 aromatic carbocycles. The van der Waals surface area contributed by atoms with Crippen molar-refractivity contribution >= 4 is 40.5 Å². The molecule has 70 heavy (non-hydrogen) atoms. The summed E-state index contributed by atoms with van der Waals surface area (Å²) in [5.74, 6) is -3.33. The fourth-order valence-corrected chi connectivity index (χ4v) is 9.92. The van der Waals surface area contributed by atoms with Gasteiger partial charge in [-0.05, 0) is 125 Å². The molecule has 1 unspecified atom stereocenters. The normalized spacial score (nSPS) is 19.3. The predicted octanol–water partition coefficient (Wildman–Crippen LogP) is 6.67. The minimum Gasteiger partial charge on any atom is -0.508 e. The quantitative estimate of drug-likeness (QED) is 0.0877. The molecule has 0 aliphatic carbocycles. The largest absolute Gasteiger partial charge is 0.508 e. The van der Waals surface area contributed by atoms with Gasteiger partial charge in [-0.1, -0.05) is 45.5 Å². The highest BCUT2D eigenvalue weighted by Gasteiger charge is 2.41. The van der Waals surface area contributed by atoms with Crippen molar-refractivity contribution in [3.8, 4) is 28.1 Å². The van der Waals surface area contributed by atoms with Crippen molar-refractivity contribution in [2.75, 3.05) is 47.4 Å². The van der Waals surface area contributed by atoms with Crippen molar-refractivity contribution < 1.29 is 43.0 Å². The number of hydrazine groups is 1. The standard InChI is InChI=1S/C53H73FN8O8/c1-12-61-43-19-18-35-28-40(43)41(47(61)39-16-15-21-56-45(39)33(4)69-11)29-52(5,6)31-70-44(64)17-13-14-22-62(58-54)50(67)42(26-34-24-37(35)27-38(63)25-34)57-48(65)46(32(2)3)59(10)49(66)36-20-23-60(30-36)51(68)53(7,8)55-9/h15-16,18-19,21,24-25,27-28,32-33,36,42,46,55,58,63H,12-14,17,20,22-23,26,29-31H2,1-11H3,(H,57,65)/t33-,36-,42-,46?/m0/s1. The number of aromatic hydroxyl groups is 1. The molecule has 16 nitrogen and oxygen atoms in total. The summed E-state index contributed by atoms with van der Waals surface area (Å²) in [6.07, 6.45) is 2.79. The molecule has 2 aromatic heterocycles. The van der Waals surface area contributed by atoms with Crippen LogP contribution in [0.3, 0.4) is 0 Å². The number of likely N-dealkylation sites (N-methyl/N-ethyl adjacent to an activating group) is 2. The third-order valence-electron chi connectivity index (χ3n) is 14.0. The first-order valence-corrected chi connectivity index (χ1v) is 24.5. The number of hydrogen-bond donors (Lipinski definition) is 4. The first-order valence-electron chi connectivity index (χ1n) is 24.5. The van der Waals surface area contributed by atoms with Gasteiger partial charge in [-0.25, -0.2) is 5.01 Å². The van der Waals surface area contributed by atoms with Gasteiger partial charge in [0.25, 0.3) is 5.91 Å². The van der Waals surface area contributed by atoms with Gasteiger partial charge in [0.2, 0.25) is 17.7 Å². The molecule has 380 valence electrons. The first-order chi connectivity index (χ1) is 33.1. The fraction of sp³-hybridized carbons (Fsp3) is 0.547. The Hall–Kier alpha value is -5.91. The lowest BCUT2D eigenvalue weighted by Gasteiger charge is -2.34. The lowest BCUT2D eigenvalue weighted by molar-refractivity contribution is -0.147. The van der Waals surface area contributed by atoms with Gasteiger partial charge in [0.1, 0.15) is 17.8 Å². The van der Waals surface area contributed by atoms with Crippen LogP contribution >= 0.6 is 0 Å². The van der Waals surface area contributed by atoms with Crippen LogP contribution in [-0.2, 0) is 52.8 Å². The molecular weight excluding hydrogens is 896 g/mol. The molecule has 4 heterocycles. The number of aromatic nitrogens is 2. The van der Waals surface area contributed by atoms with Crippen LogP contribution in [0.2, 0.25) is 0 Å². The summed E-state index contributed by atoms with van der Waals surface area (Å²) in [5.41, 5.74) is 6.71. The highest BCUT2D eigenvalue weighted by molar-refractivity contribution is 5.96. The van der Waals surface area contributed by atoms with E-state index in [1.165, 1.54) is 16.6 Å². The zero-order valence-electron chi connectivity index (χ0n) is 42.8. The molecular formula is C53H73FN8O8. The van der Waals surface area contributed by atoms with Crippen LogP contribution in [-0.4, -0.2) is 124 Å². The topological polar surface area (TPSA) is 188 Å². The predicted molar refractivity (Wildman–Crippen MR) is 266 cm³/mol. The highest BCUT2D eigenvalue weighted by atomic mass is 19.2. The van der Waals surface area contributed by atoms with Crippen molar-refractivity contribution in [1.29, 1.82) is 0 Å². The van der Waals surface area contributed by atoms with Gasteiger partial charge in [0.05, 0.1) is 35.6 Å². The summed E-state index contributed by atoms with van der Waals surface area (Å²) >= 11 is 0. The molecule has 0 spiro atoms. The number of rotatable bonds is 12. The molecule has 2 aliphatic rings. The Morgan fingerprint density at radius 1 is 1.06 bits per heavy atom. The second-order valence-electron chi connectivity index (χ2n) is 20.6. The number of hydrogen-bond acceptors (Lipinski definition) is 11. The van der Waals surface area contributed by atoms with Gasteiger partial charge in [0, 0.05) is 81.3 Å². The number of cyclic esters (lactones) is 1. The minimum absolute atomic E-state index is 0.0327. The van der Waals surface area contributed by atoms with E-state index in [1.54, 1.807) is 66.1 Å². The lowest BCUT2D eigenvalue weighted by Crippen LogP contribution is -2.58.